The van der Waals surface area contributed by atoms with Crippen LogP contribution >= 0.6 is 11.6 Å². The highest BCUT2D eigenvalue weighted by molar-refractivity contribution is 6.30. The zero-order valence-corrected chi connectivity index (χ0v) is 16.1. The number of aromatic nitrogens is 6. The van der Waals surface area contributed by atoms with Crippen molar-refractivity contribution in [3.63, 3.8) is 0 Å². The molecule has 0 aliphatic rings. The zero-order valence-electron chi connectivity index (χ0n) is 15.3. The number of tetrazole rings is 1. The molecule has 4 rings (SSSR count). The Labute approximate surface area is 168 Å². The Bertz CT molecular complexity index is 1150. The van der Waals surface area contributed by atoms with Gasteiger partial charge >= 0.3 is 6.18 Å². The summed E-state index contributed by atoms with van der Waals surface area (Å²) in [5.74, 6) is 0.591. The van der Waals surface area contributed by atoms with Crippen molar-refractivity contribution in [2.24, 2.45) is 0 Å². The second kappa shape index (κ2) is 7.47. The monoisotopic (exact) mass is 420 g/mol. The molecule has 150 valence electrons. The first-order valence-corrected chi connectivity index (χ1v) is 9.23. The van der Waals surface area contributed by atoms with Gasteiger partial charge in [0.25, 0.3) is 0 Å². The van der Waals surface area contributed by atoms with Crippen LogP contribution in [-0.4, -0.2) is 30.4 Å². The maximum atomic E-state index is 13.3. The molecule has 0 aliphatic heterocycles. The largest absolute Gasteiger partial charge is 0.416 e. The Morgan fingerprint density at radius 1 is 1.10 bits per heavy atom. The molecule has 0 saturated carbocycles. The molecule has 29 heavy (non-hydrogen) atoms. The van der Waals surface area contributed by atoms with Crippen molar-refractivity contribution >= 4 is 22.5 Å². The minimum atomic E-state index is -4.43. The first-order chi connectivity index (χ1) is 13.8. The third-order valence-electron chi connectivity index (χ3n) is 4.77. The predicted molar refractivity (Wildman–Crippen MR) is 102 cm³/mol. The SMILES string of the molecule is Cc1cc(Cl)ccc1Cn1nc(CCc2nnn[nH]2)c2ccc(C(F)(F)F)cc21. The highest BCUT2D eigenvalue weighted by Crippen LogP contribution is 2.33. The number of nitrogens with zero attached hydrogens (tertiary/aromatic N) is 5. The van der Waals surface area contributed by atoms with E-state index in [2.05, 4.69) is 25.7 Å². The van der Waals surface area contributed by atoms with Crippen LogP contribution in [0.2, 0.25) is 5.02 Å². The van der Waals surface area contributed by atoms with Gasteiger partial charge in [0.1, 0.15) is 5.82 Å². The summed E-state index contributed by atoms with van der Waals surface area (Å²) in [6, 6.07) is 9.15. The highest BCUT2D eigenvalue weighted by Gasteiger charge is 2.31. The molecule has 0 amide bonds. The molecule has 0 unspecified atom stereocenters. The van der Waals surface area contributed by atoms with Crippen molar-refractivity contribution in [3.05, 3.63) is 69.6 Å². The smallest absolute Gasteiger partial charge is 0.260 e. The number of benzene rings is 2. The third-order valence-corrected chi connectivity index (χ3v) is 5.00. The van der Waals surface area contributed by atoms with Gasteiger partial charge in [0.2, 0.25) is 0 Å². The molecule has 10 heteroatoms. The van der Waals surface area contributed by atoms with E-state index in [-0.39, 0.29) is 0 Å². The van der Waals surface area contributed by atoms with E-state index in [0.29, 0.717) is 46.8 Å². The summed E-state index contributed by atoms with van der Waals surface area (Å²) >= 11 is 6.01. The predicted octanol–water partition coefficient (Wildman–Crippen LogP) is 4.36. The fraction of sp³-hybridized carbons (Fsp3) is 0.263. The van der Waals surface area contributed by atoms with Crippen molar-refractivity contribution in [1.29, 1.82) is 0 Å². The van der Waals surface area contributed by atoms with E-state index in [4.69, 9.17) is 11.6 Å². The number of hydrogen-bond acceptors (Lipinski definition) is 4. The average Bonchev–Trinajstić information content (AvgIpc) is 3.29. The number of nitrogens with one attached hydrogen (secondary N) is 1. The van der Waals surface area contributed by atoms with E-state index in [0.717, 1.165) is 23.3 Å². The van der Waals surface area contributed by atoms with Crippen LogP contribution in [0.4, 0.5) is 13.2 Å². The zero-order chi connectivity index (χ0) is 20.6. The number of rotatable bonds is 5. The number of halogens is 4. The molecule has 0 fully saturated rings. The molecular formula is C19H16ClF3N6. The van der Waals surface area contributed by atoms with Crippen LogP contribution in [0, 0.1) is 6.92 Å². The summed E-state index contributed by atoms with van der Waals surface area (Å²) in [5, 5.41) is 19.5. The van der Waals surface area contributed by atoms with Crippen molar-refractivity contribution in [3.8, 4) is 0 Å². The van der Waals surface area contributed by atoms with E-state index < -0.39 is 11.7 Å². The lowest BCUT2D eigenvalue weighted by molar-refractivity contribution is -0.137. The first-order valence-electron chi connectivity index (χ1n) is 8.85. The van der Waals surface area contributed by atoms with E-state index in [1.165, 1.54) is 6.07 Å². The lowest BCUT2D eigenvalue weighted by atomic mass is 10.1. The first kappa shape index (κ1) is 19.4. The van der Waals surface area contributed by atoms with Crippen molar-refractivity contribution in [2.45, 2.75) is 32.5 Å². The molecule has 0 bridgehead atoms. The minimum absolute atomic E-state index is 0.338. The van der Waals surface area contributed by atoms with Gasteiger partial charge in [-0.3, -0.25) is 4.68 Å². The van der Waals surface area contributed by atoms with E-state index in [1.807, 2.05) is 19.1 Å². The summed E-state index contributed by atoms with van der Waals surface area (Å²) in [6.45, 7) is 2.25. The lowest BCUT2D eigenvalue weighted by Gasteiger charge is -2.10. The van der Waals surface area contributed by atoms with Gasteiger partial charge in [-0.2, -0.15) is 18.3 Å². The number of aromatic amines is 1. The van der Waals surface area contributed by atoms with Gasteiger partial charge in [0, 0.05) is 16.8 Å². The summed E-state index contributed by atoms with van der Waals surface area (Å²) in [6.07, 6.45) is -3.43. The van der Waals surface area contributed by atoms with E-state index in [1.54, 1.807) is 10.7 Å². The number of fused-ring (bicyclic) bond motifs is 1. The number of aryl methyl sites for hydroxylation is 3. The number of H-pyrrole nitrogens is 1. The van der Waals surface area contributed by atoms with Gasteiger partial charge in [-0.15, -0.1) is 5.10 Å². The highest BCUT2D eigenvalue weighted by atomic mass is 35.5. The van der Waals surface area contributed by atoms with Crippen LogP contribution < -0.4 is 0 Å². The van der Waals surface area contributed by atoms with Gasteiger partial charge in [-0.05, 0) is 59.2 Å². The second-order valence-corrected chi connectivity index (χ2v) is 7.19. The van der Waals surface area contributed by atoms with Crippen LogP contribution in [0.25, 0.3) is 10.9 Å². The standard InChI is InChI=1S/C19H16ClF3N6/c1-11-8-14(20)4-2-12(11)10-29-17-9-13(19(21,22)23)3-5-15(17)16(26-29)6-7-18-24-27-28-25-18/h2-5,8-9H,6-7,10H2,1H3,(H,24,25,27,28). The Kier molecular flexibility index (Phi) is 4.99. The third kappa shape index (κ3) is 4.09. The fourth-order valence-electron chi connectivity index (χ4n) is 3.24. The summed E-state index contributed by atoms with van der Waals surface area (Å²) in [4.78, 5) is 0. The van der Waals surface area contributed by atoms with Crippen LogP contribution in [0.5, 0.6) is 0 Å². The maximum absolute atomic E-state index is 13.3. The van der Waals surface area contributed by atoms with Gasteiger partial charge in [0.05, 0.1) is 23.3 Å². The summed E-state index contributed by atoms with van der Waals surface area (Å²) < 4.78 is 41.4. The van der Waals surface area contributed by atoms with Gasteiger partial charge < -0.3 is 0 Å². The lowest BCUT2D eigenvalue weighted by Crippen LogP contribution is -2.07. The van der Waals surface area contributed by atoms with E-state index >= 15 is 0 Å². The molecule has 2 heterocycles. The number of hydrogen-bond donors (Lipinski definition) is 1. The molecular weight excluding hydrogens is 405 g/mol. The summed E-state index contributed by atoms with van der Waals surface area (Å²) in [7, 11) is 0. The molecule has 0 radical (unpaired) electrons. The number of alkyl halides is 3. The molecule has 6 nitrogen and oxygen atoms in total. The molecule has 0 atom stereocenters. The van der Waals surface area contributed by atoms with Gasteiger partial charge in [0.15, 0.2) is 0 Å². The van der Waals surface area contributed by atoms with Gasteiger partial charge in [-0.25, -0.2) is 5.10 Å². The van der Waals surface area contributed by atoms with Crippen LogP contribution in [0.3, 0.4) is 0 Å². The minimum Gasteiger partial charge on any atom is -0.260 e. The molecule has 0 spiro atoms. The molecule has 0 aliphatic carbocycles. The van der Waals surface area contributed by atoms with Crippen LogP contribution in [0.15, 0.2) is 36.4 Å². The normalized spacial score (nSPS) is 12.0. The van der Waals surface area contributed by atoms with Crippen molar-refractivity contribution < 1.29 is 13.2 Å². The Morgan fingerprint density at radius 3 is 2.62 bits per heavy atom. The topological polar surface area (TPSA) is 72.3 Å². The Morgan fingerprint density at radius 2 is 1.93 bits per heavy atom. The van der Waals surface area contributed by atoms with E-state index in [9.17, 15) is 13.2 Å². The molecule has 2 aromatic carbocycles. The Hall–Kier alpha value is -2.94. The Balaban J connectivity index is 1.75. The van der Waals surface area contributed by atoms with Crippen LogP contribution in [0.1, 0.15) is 28.2 Å². The molecule has 2 aromatic heterocycles. The molecule has 1 N–H and O–H groups in total. The van der Waals surface area contributed by atoms with Gasteiger partial charge in [-0.1, -0.05) is 23.7 Å². The van der Waals surface area contributed by atoms with Crippen molar-refractivity contribution in [1.82, 2.24) is 30.4 Å². The van der Waals surface area contributed by atoms with Crippen LogP contribution in [-0.2, 0) is 25.6 Å². The molecule has 0 saturated heterocycles. The van der Waals surface area contributed by atoms with Crippen molar-refractivity contribution in [2.75, 3.05) is 0 Å². The molecule has 4 aromatic rings. The second-order valence-electron chi connectivity index (χ2n) is 6.75. The fourth-order valence-corrected chi connectivity index (χ4v) is 3.47. The average molecular weight is 421 g/mol. The summed E-state index contributed by atoms with van der Waals surface area (Å²) in [5.41, 5.74) is 2.30. The quantitative estimate of drug-likeness (QED) is 0.520. The maximum Gasteiger partial charge on any atom is 0.416 e.